The predicted octanol–water partition coefficient (Wildman–Crippen LogP) is 1.09. The Morgan fingerprint density at radius 2 is 1.93 bits per heavy atom. The molecule has 1 rings (SSSR count). The minimum absolute atomic E-state index is 0.399. The Balaban J connectivity index is 2.41. The van der Waals surface area contributed by atoms with Gasteiger partial charge in [-0.2, -0.15) is 4.62 Å². The summed E-state index contributed by atoms with van der Waals surface area (Å²) in [7, 11) is -4.60. The third-order valence-corrected chi connectivity index (χ3v) is 2.34. The molecular formula is C7H8NO5PS. The lowest BCUT2D eigenvalue weighted by Crippen LogP contribution is -2.07. The van der Waals surface area contributed by atoms with Gasteiger partial charge in [0.05, 0.1) is 0 Å². The molecule has 1 aromatic rings. The fourth-order valence-electron chi connectivity index (χ4n) is 0.738. The summed E-state index contributed by atoms with van der Waals surface area (Å²) < 4.78 is 14.1. The molecule has 0 heterocycles. The number of benzene rings is 1. The predicted molar refractivity (Wildman–Crippen MR) is 54.6 cm³/mol. The molecule has 0 amide bonds. The Kier molecular flexibility index (Phi) is 4.46. The van der Waals surface area contributed by atoms with Gasteiger partial charge in [0.25, 0.3) is 0 Å². The van der Waals surface area contributed by atoms with Gasteiger partial charge in [0.1, 0.15) is 0 Å². The summed E-state index contributed by atoms with van der Waals surface area (Å²) in [4.78, 5) is 29.7. The van der Waals surface area contributed by atoms with Gasteiger partial charge in [-0.1, -0.05) is 30.3 Å². The third-order valence-electron chi connectivity index (χ3n) is 1.30. The minimum Gasteiger partial charge on any atom is -0.302 e. The molecule has 0 radical (unpaired) electrons. The first-order valence-corrected chi connectivity index (χ1v) is 6.09. The zero-order valence-electron chi connectivity index (χ0n) is 7.36. The molecule has 0 aromatic heterocycles. The second-order valence-electron chi connectivity index (χ2n) is 2.42. The molecule has 8 heteroatoms. The molecule has 82 valence electrons. The van der Waals surface area contributed by atoms with E-state index in [4.69, 9.17) is 9.79 Å². The van der Waals surface area contributed by atoms with E-state index in [-0.39, 0.29) is 0 Å². The van der Waals surface area contributed by atoms with Crippen molar-refractivity contribution in [3.05, 3.63) is 35.9 Å². The van der Waals surface area contributed by atoms with Crippen LogP contribution in [0.25, 0.3) is 0 Å². The highest BCUT2D eigenvalue weighted by Crippen LogP contribution is 2.34. The van der Waals surface area contributed by atoms with Crippen LogP contribution in [0, 0.1) is 0 Å². The summed E-state index contributed by atoms with van der Waals surface area (Å²) in [5.74, 6) is 0. The first-order chi connectivity index (χ1) is 6.99. The van der Waals surface area contributed by atoms with Gasteiger partial charge in [0, 0.05) is 17.5 Å². The van der Waals surface area contributed by atoms with Crippen molar-refractivity contribution >= 4 is 24.9 Å². The first kappa shape index (κ1) is 12.4. The standard InChI is InChI=1S/C7H8NO5PS/c9-7(6-4-2-1-3-5-6)15-8-13-14(10,11)12/h1-5,8H,(H2,10,11,12). The first-order valence-electron chi connectivity index (χ1n) is 3.74. The number of rotatable bonds is 4. The van der Waals surface area contributed by atoms with Crippen LogP contribution in [-0.4, -0.2) is 14.9 Å². The number of hydrogen-bond acceptors (Lipinski definition) is 5. The lowest BCUT2D eigenvalue weighted by Gasteiger charge is -2.04. The monoisotopic (exact) mass is 249 g/mol. The molecule has 6 nitrogen and oxygen atoms in total. The number of phosphoric acid groups is 1. The van der Waals surface area contributed by atoms with E-state index < -0.39 is 12.9 Å². The average molecular weight is 249 g/mol. The van der Waals surface area contributed by atoms with Crippen molar-refractivity contribution < 1.29 is 23.8 Å². The van der Waals surface area contributed by atoms with Gasteiger partial charge in [-0.15, -0.1) is 4.89 Å². The molecule has 0 unspecified atom stereocenters. The van der Waals surface area contributed by atoms with Crippen molar-refractivity contribution in [1.29, 1.82) is 0 Å². The molecule has 0 spiro atoms. The molecular weight excluding hydrogens is 241 g/mol. The zero-order valence-corrected chi connectivity index (χ0v) is 9.07. The third kappa shape index (κ3) is 5.08. The van der Waals surface area contributed by atoms with Crippen LogP contribution >= 0.6 is 19.8 Å². The van der Waals surface area contributed by atoms with Crippen LogP contribution in [0.15, 0.2) is 30.3 Å². The molecule has 15 heavy (non-hydrogen) atoms. The van der Waals surface area contributed by atoms with Gasteiger partial charge in [0.15, 0.2) is 0 Å². The van der Waals surface area contributed by atoms with Gasteiger partial charge in [-0.05, 0) is 0 Å². The minimum atomic E-state index is -4.60. The molecule has 0 aliphatic heterocycles. The molecule has 0 fully saturated rings. The highest BCUT2D eigenvalue weighted by atomic mass is 32.2. The molecule has 0 aliphatic carbocycles. The SMILES string of the molecule is O=C(SNOP(=O)(O)O)c1ccccc1. The maximum atomic E-state index is 11.3. The van der Waals surface area contributed by atoms with Gasteiger partial charge in [-0.25, -0.2) is 4.57 Å². The van der Waals surface area contributed by atoms with Gasteiger partial charge in [-0.3, -0.25) is 4.79 Å². The smallest absolute Gasteiger partial charge is 0.302 e. The Labute approximate surface area is 90.0 Å². The lowest BCUT2D eigenvalue weighted by molar-refractivity contribution is 0.108. The summed E-state index contributed by atoms with van der Waals surface area (Å²) in [6, 6.07) is 8.26. The van der Waals surface area contributed by atoms with E-state index in [0.29, 0.717) is 17.5 Å². The van der Waals surface area contributed by atoms with E-state index in [1.54, 1.807) is 30.3 Å². The number of nitrogens with one attached hydrogen (secondary N) is 1. The zero-order chi connectivity index (χ0) is 11.3. The summed E-state index contributed by atoms with van der Waals surface area (Å²) in [5.41, 5.74) is 0.407. The highest BCUT2D eigenvalue weighted by molar-refractivity contribution is 8.12. The van der Waals surface area contributed by atoms with E-state index in [0.717, 1.165) is 0 Å². The summed E-state index contributed by atoms with van der Waals surface area (Å²) in [6.07, 6.45) is 0. The van der Waals surface area contributed by atoms with Crippen LogP contribution in [-0.2, 0) is 9.19 Å². The second-order valence-corrected chi connectivity index (χ2v) is 4.33. The fraction of sp³-hybridized carbons (Fsp3) is 0. The van der Waals surface area contributed by atoms with Crippen molar-refractivity contribution in [3.63, 3.8) is 0 Å². The molecule has 0 bridgehead atoms. The Hall–Kier alpha value is -0.690. The fourth-order valence-corrected chi connectivity index (χ4v) is 1.61. The number of carbonyl (C=O) groups is 1. The summed E-state index contributed by atoms with van der Waals surface area (Å²) in [5, 5.41) is -0.399. The van der Waals surface area contributed by atoms with E-state index in [9.17, 15) is 9.36 Å². The van der Waals surface area contributed by atoms with Gasteiger partial charge in [0.2, 0.25) is 5.12 Å². The maximum Gasteiger partial charge on any atom is 0.486 e. The molecule has 0 saturated heterocycles. The Morgan fingerprint density at radius 1 is 1.33 bits per heavy atom. The topological polar surface area (TPSA) is 95.9 Å². The number of hydrogen-bond donors (Lipinski definition) is 3. The van der Waals surface area contributed by atoms with Gasteiger partial charge >= 0.3 is 7.82 Å². The van der Waals surface area contributed by atoms with Crippen LogP contribution < -0.4 is 4.89 Å². The molecule has 0 aliphatic rings. The van der Waals surface area contributed by atoms with Crippen LogP contribution in [0.5, 0.6) is 0 Å². The van der Waals surface area contributed by atoms with E-state index in [1.807, 2.05) is 4.89 Å². The Morgan fingerprint density at radius 3 is 2.47 bits per heavy atom. The normalized spacial score (nSPS) is 11.3. The van der Waals surface area contributed by atoms with Crippen LogP contribution in [0.3, 0.4) is 0 Å². The van der Waals surface area contributed by atoms with Crippen molar-refractivity contribution in [2.45, 2.75) is 0 Å². The molecule has 3 N–H and O–H groups in total. The van der Waals surface area contributed by atoms with E-state index in [2.05, 4.69) is 4.62 Å². The van der Waals surface area contributed by atoms with Crippen molar-refractivity contribution in [2.75, 3.05) is 0 Å². The Bertz CT molecular complexity index is 378. The molecule has 1 aromatic carbocycles. The van der Waals surface area contributed by atoms with Crippen LogP contribution in [0.4, 0.5) is 0 Å². The van der Waals surface area contributed by atoms with Crippen molar-refractivity contribution in [1.82, 2.24) is 4.89 Å². The molecule has 0 saturated carbocycles. The van der Waals surface area contributed by atoms with E-state index in [1.165, 1.54) is 0 Å². The second kappa shape index (κ2) is 5.41. The molecule has 0 atom stereocenters. The summed E-state index contributed by atoms with van der Waals surface area (Å²) >= 11 is 0.453. The summed E-state index contributed by atoms with van der Waals surface area (Å²) in [6.45, 7) is 0. The van der Waals surface area contributed by atoms with E-state index >= 15 is 0 Å². The quantitative estimate of drug-likeness (QED) is 0.417. The average Bonchev–Trinajstić information content (AvgIpc) is 2.17. The van der Waals surface area contributed by atoms with Crippen LogP contribution in [0.1, 0.15) is 10.4 Å². The van der Waals surface area contributed by atoms with Crippen molar-refractivity contribution in [2.24, 2.45) is 0 Å². The van der Waals surface area contributed by atoms with Crippen LogP contribution in [0.2, 0.25) is 0 Å². The highest BCUT2D eigenvalue weighted by Gasteiger charge is 2.15. The maximum absolute atomic E-state index is 11.3. The largest absolute Gasteiger partial charge is 0.486 e. The van der Waals surface area contributed by atoms with Gasteiger partial charge < -0.3 is 9.79 Å². The van der Waals surface area contributed by atoms with Crippen molar-refractivity contribution in [3.8, 4) is 0 Å². The number of carbonyl (C=O) groups excluding carboxylic acids is 1. The lowest BCUT2D eigenvalue weighted by atomic mass is 10.2.